The summed E-state index contributed by atoms with van der Waals surface area (Å²) in [7, 11) is 0. The molecule has 0 saturated carbocycles. The van der Waals surface area contributed by atoms with E-state index in [1.165, 1.54) is 10.4 Å². The van der Waals surface area contributed by atoms with Crippen molar-refractivity contribution in [2.45, 2.75) is 38.6 Å². The third kappa shape index (κ3) is 2.93. The van der Waals surface area contributed by atoms with Crippen LogP contribution in [-0.4, -0.2) is 10.9 Å². The van der Waals surface area contributed by atoms with Gasteiger partial charge in [0.05, 0.1) is 6.04 Å². The number of rotatable bonds is 3. The highest BCUT2D eigenvalue weighted by atomic mass is 32.1. The van der Waals surface area contributed by atoms with Gasteiger partial charge >= 0.3 is 0 Å². The van der Waals surface area contributed by atoms with Crippen LogP contribution in [0.3, 0.4) is 0 Å². The molecule has 0 aromatic carbocycles. The smallest absolute Gasteiger partial charge is 0.251 e. The van der Waals surface area contributed by atoms with Gasteiger partial charge in [0.15, 0.2) is 0 Å². The number of hydrogen-bond acceptors (Lipinski definition) is 4. The summed E-state index contributed by atoms with van der Waals surface area (Å²) in [5.41, 5.74) is 8.50. The van der Waals surface area contributed by atoms with E-state index in [9.17, 15) is 4.79 Å². The topological polar surface area (TPSA) is 68.0 Å². The minimum atomic E-state index is -0.0668. The predicted molar refractivity (Wildman–Crippen MR) is 85.5 cm³/mol. The molecule has 3 N–H and O–H groups in total. The summed E-state index contributed by atoms with van der Waals surface area (Å²) in [6.45, 7) is 2.00. The lowest BCUT2D eigenvalue weighted by Crippen LogP contribution is -2.30. The second kappa shape index (κ2) is 5.85. The highest BCUT2D eigenvalue weighted by Crippen LogP contribution is 2.33. The Bertz CT molecular complexity index is 665. The number of nitrogens with two attached hydrogens (primary N) is 1. The van der Waals surface area contributed by atoms with Gasteiger partial charge in [0.25, 0.3) is 5.91 Å². The number of hydrogen-bond donors (Lipinski definition) is 2. The molecule has 0 bridgehead atoms. The largest absolute Gasteiger partial charge is 0.384 e. The number of thiophene rings is 1. The van der Waals surface area contributed by atoms with Crippen LogP contribution in [0.15, 0.2) is 23.6 Å². The molecule has 2 aromatic rings. The highest BCUT2D eigenvalue weighted by Gasteiger charge is 2.23. The van der Waals surface area contributed by atoms with Crippen molar-refractivity contribution in [1.82, 2.24) is 10.3 Å². The maximum Gasteiger partial charge on any atom is 0.251 e. The van der Waals surface area contributed by atoms with E-state index in [4.69, 9.17) is 5.73 Å². The number of carbonyl (C=O) groups is 1. The number of anilines is 1. The van der Waals surface area contributed by atoms with Crippen molar-refractivity contribution in [3.05, 3.63) is 45.3 Å². The molecular formula is C16H19N3OS. The molecule has 1 aliphatic carbocycles. The molecule has 21 heavy (non-hydrogen) atoms. The first-order valence-corrected chi connectivity index (χ1v) is 8.19. The fourth-order valence-electron chi connectivity index (χ4n) is 2.80. The minimum Gasteiger partial charge on any atom is -0.384 e. The van der Waals surface area contributed by atoms with Crippen LogP contribution >= 0.6 is 11.3 Å². The summed E-state index contributed by atoms with van der Waals surface area (Å²) >= 11 is 1.78. The Balaban J connectivity index is 1.80. The summed E-state index contributed by atoms with van der Waals surface area (Å²) in [6, 6.07) is 5.71. The average molecular weight is 301 g/mol. The molecule has 1 amide bonds. The molecule has 1 atom stereocenters. The molecule has 0 spiro atoms. The van der Waals surface area contributed by atoms with Crippen LogP contribution < -0.4 is 11.1 Å². The Kier molecular flexibility index (Phi) is 3.92. The number of aromatic nitrogens is 1. The van der Waals surface area contributed by atoms with E-state index < -0.39 is 0 Å². The van der Waals surface area contributed by atoms with Crippen molar-refractivity contribution in [1.29, 1.82) is 0 Å². The molecule has 3 rings (SSSR count). The van der Waals surface area contributed by atoms with Gasteiger partial charge in [-0.3, -0.25) is 4.79 Å². The van der Waals surface area contributed by atoms with E-state index in [2.05, 4.69) is 21.7 Å². The van der Waals surface area contributed by atoms with Crippen LogP contribution in [0, 0.1) is 0 Å². The molecule has 1 aliphatic rings. The maximum absolute atomic E-state index is 12.5. The molecule has 2 aromatic heterocycles. The van der Waals surface area contributed by atoms with Crippen molar-refractivity contribution in [2.75, 3.05) is 5.73 Å². The second-order valence-corrected chi connectivity index (χ2v) is 6.34. The number of amides is 1. The number of aryl methyl sites for hydroxylation is 2. The van der Waals surface area contributed by atoms with Crippen LogP contribution in [0.5, 0.6) is 0 Å². The van der Waals surface area contributed by atoms with Gasteiger partial charge < -0.3 is 11.1 Å². The minimum absolute atomic E-state index is 0.0668. The van der Waals surface area contributed by atoms with Gasteiger partial charge in [-0.15, -0.1) is 11.3 Å². The Morgan fingerprint density at radius 3 is 3.19 bits per heavy atom. The van der Waals surface area contributed by atoms with Crippen molar-refractivity contribution < 1.29 is 4.79 Å². The lowest BCUT2D eigenvalue weighted by molar-refractivity contribution is 0.0933. The summed E-state index contributed by atoms with van der Waals surface area (Å²) in [6.07, 6.45) is 4.01. The predicted octanol–water partition coefficient (Wildman–Crippen LogP) is 3.10. The molecule has 0 saturated heterocycles. The van der Waals surface area contributed by atoms with E-state index in [1.807, 2.05) is 13.0 Å². The standard InChI is InChI=1S/C16H19N3OS/c1-2-11-8-10(9-15(17)18-11)16(20)19-13-4-3-5-14-12(13)6-7-21-14/h6-9,13H,2-5H2,1H3,(H2,17,18)(H,19,20). The van der Waals surface area contributed by atoms with E-state index in [0.29, 0.717) is 11.4 Å². The van der Waals surface area contributed by atoms with Gasteiger partial charge in [-0.1, -0.05) is 6.92 Å². The van der Waals surface area contributed by atoms with E-state index in [0.717, 1.165) is 31.4 Å². The zero-order valence-electron chi connectivity index (χ0n) is 12.1. The molecule has 0 fully saturated rings. The molecule has 5 heteroatoms. The summed E-state index contributed by atoms with van der Waals surface area (Å²) < 4.78 is 0. The Hall–Kier alpha value is -1.88. The first kappa shape index (κ1) is 14.1. The van der Waals surface area contributed by atoms with Crippen molar-refractivity contribution >= 4 is 23.1 Å². The molecule has 1 unspecified atom stereocenters. The number of carbonyl (C=O) groups excluding carboxylic acids is 1. The van der Waals surface area contributed by atoms with Crippen LogP contribution in [0.4, 0.5) is 5.82 Å². The number of nitrogens with zero attached hydrogens (tertiary/aromatic N) is 1. The number of fused-ring (bicyclic) bond motifs is 1. The second-order valence-electron chi connectivity index (χ2n) is 5.34. The monoisotopic (exact) mass is 301 g/mol. The van der Waals surface area contributed by atoms with Crippen LogP contribution in [0.25, 0.3) is 0 Å². The highest BCUT2D eigenvalue weighted by molar-refractivity contribution is 7.10. The third-order valence-electron chi connectivity index (χ3n) is 3.88. The molecule has 2 heterocycles. The van der Waals surface area contributed by atoms with Crippen LogP contribution in [-0.2, 0) is 12.8 Å². The van der Waals surface area contributed by atoms with Gasteiger partial charge in [0.2, 0.25) is 0 Å². The third-order valence-corrected chi connectivity index (χ3v) is 4.88. The molecular weight excluding hydrogens is 282 g/mol. The lowest BCUT2D eigenvalue weighted by atomic mass is 9.94. The first-order valence-electron chi connectivity index (χ1n) is 7.31. The van der Waals surface area contributed by atoms with Gasteiger partial charge in [-0.05, 0) is 54.8 Å². The number of nitrogen functional groups attached to an aromatic ring is 1. The van der Waals surface area contributed by atoms with E-state index in [1.54, 1.807) is 17.4 Å². The first-order chi connectivity index (χ1) is 10.2. The molecule has 4 nitrogen and oxygen atoms in total. The summed E-state index contributed by atoms with van der Waals surface area (Å²) in [5.74, 6) is 0.335. The van der Waals surface area contributed by atoms with Gasteiger partial charge in [0.1, 0.15) is 5.82 Å². The Morgan fingerprint density at radius 2 is 2.38 bits per heavy atom. The van der Waals surface area contributed by atoms with E-state index in [-0.39, 0.29) is 11.9 Å². The summed E-state index contributed by atoms with van der Waals surface area (Å²) in [5, 5.41) is 5.25. The van der Waals surface area contributed by atoms with Gasteiger partial charge in [-0.25, -0.2) is 4.98 Å². The summed E-state index contributed by atoms with van der Waals surface area (Å²) in [4.78, 5) is 18.1. The lowest BCUT2D eigenvalue weighted by Gasteiger charge is -2.23. The van der Waals surface area contributed by atoms with Crippen LogP contribution in [0.1, 0.15) is 52.3 Å². The SMILES string of the molecule is CCc1cc(C(=O)NC2CCCc3sccc32)cc(N)n1. The van der Waals surface area contributed by atoms with Crippen molar-refractivity contribution in [2.24, 2.45) is 0 Å². The van der Waals surface area contributed by atoms with Crippen LogP contribution in [0.2, 0.25) is 0 Å². The average Bonchev–Trinajstić information content (AvgIpc) is 2.96. The Labute approximate surface area is 128 Å². The molecule has 110 valence electrons. The van der Waals surface area contributed by atoms with Gasteiger partial charge in [-0.2, -0.15) is 0 Å². The fourth-order valence-corrected chi connectivity index (χ4v) is 3.79. The zero-order chi connectivity index (χ0) is 14.8. The van der Waals surface area contributed by atoms with Crippen molar-refractivity contribution in [3.63, 3.8) is 0 Å². The normalized spacial score (nSPS) is 17.3. The molecule has 0 aliphatic heterocycles. The molecule has 0 radical (unpaired) electrons. The number of nitrogens with one attached hydrogen (secondary N) is 1. The zero-order valence-corrected chi connectivity index (χ0v) is 12.9. The number of pyridine rings is 1. The fraction of sp³-hybridized carbons (Fsp3) is 0.375. The van der Waals surface area contributed by atoms with E-state index >= 15 is 0 Å². The Morgan fingerprint density at radius 1 is 1.52 bits per heavy atom. The van der Waals surface area contributed by atoms with Crippen molar-refractivity contribution in [3.8, 4) is 0 Å². The quantitative estimate of drug-likeness (QED) is 0.915. The van der Waals surface area contributed by atoms with Gasteiger partial charge in [0, 0.05) is 16.1 Å². The maximum atomic E-state index is 12.5.